The van der Waals surface area contributed by atoms with Crippen LogP contribution in [0.2, 0.25) is 0 Å². The highest BCUT2D eigenvalue weighted by atomic mass is 32.1. The Morgan fingerprint density at radius 1 is 1.17 bits per heavy atom. The van der Waals surface area contributed by atoms with Gasteiger partial charge in [-0.1, -0.05) is 13.0 Å². The average Bonchev–Trinajstić information content (AvgIpc) is 3.03. The maximum absolute atomic E-state index is 13.1. The van der Waals surface area contributed by atoms with Gasteiger partial charge >= 0.3 is 6.18 Å². The molecule has 3 rings (SSSR count). The Bertz CT molecular complexity index is 831. The van der Waals surface area contributed by atoms with Crippen LogP contribution in [0.15, 0.2) is 42.0 Å². The van der Waals surface area contributed by atoms with Gasteiger partial charge in [-0.2, -0.15) is 13.2 Å². The van der Waals surface area contributed by atoms with E-state index < -0.39 is 11.7 Å². The number of halogens is 3. The fraction of sp³-hybridized carbons (Fsp3) is 0.188. The van der Waals surface area contributed by atoms with E-state index in [-0.39, 0.29) is 17.8 Å². The van der Waals surface area contributed by atoms with E-state index in [2.05, 4.69) is 20.3 Å². The summed E-state index contributed by atoms with van der Waals surface area (Å²) >= 11 is 1.28. The molecule has 0 bridgehead atoms. The molecule has 0 amide bonds. The molecule has 4 nitrogen and oxygen atoms in total. The molecule has 0 saturated carbocycles. The van der Waals surface area contributed by atoms with E-state index in [1.54, 1.807) is 24.6 Å². The summed E-state index contributed by atoms with van der Waals surface area (Å²) in [6.07, 6.45) is -1.24. The fourth-order valence-corrected chi connectivity index (χ4v) is 2.88. The maximum atomic E-state index is 13.1. The van der Waals surface area contributed by atoms with E-state index >= 15 is 0 Å². The van der Waals surface area contributed by atoms with Crippen molar-refractivity contribution in [1.82, 2.24) is 15.0 Å². The maximum Gasteiger partial charge on any atom is 0.416 e. The SMILES string of the molecule is CCc1cnc(Nc2nc(-c3ccccn3)cs2)cc1C(F)(F)F. The highest BCUT2D eigenvalue weighted by Gasteiger charge is 2.33. The molecular formula is C16H13F3N4S. The van der Waals surface area contributed by atoms with Crippen LogP contribution in [0, 0.1) is 0 Å². The van der Waals surface area contributed by atoms with Crippen LogP contribution in [0.1, 0.15) is 18.1 Å². The highest BCUT2D eigenvalue weighted by molar-refractivity contribution is 7.14. The van der Waals surface area contributed by atoms with Crippen molar-refractivity contribution in [3.8, 4) is 11.4 Å². The summed E-state index contributed by atoms with van der Waals surface area (Å²) in [5.41, 5.74) is 0.849. The molecule has 0 spiro atoms. The van der Waals surface area contributed by atoms with E-state index in [0.717, 1.165) is 6.07 Å². The number of thiazole rings is 1. The first kappa shape index (κ1) is 16.4. The number of anilines is 2. The number of pyridine rings is 2. The van der Waals surface area contributed by atoms with E-state index in [1.807, 2.05) is 12.1 Å². The van der Waals surface area contributed by atoms with Crippen molar-refractivity contribution in [3.63, 3.8) is 0 Å². The number of aromatic nitrogens is 3. The summed E-state index contributed by atoms with van der Waals surface area (Å²) < 4.78 is 39.3. The average molecular weight is 350 g/mol. The molecule has 3 aromatic rings. The van der Waals surface area contributed by atoms with Crippen molar-refractivity contribution in [1.29, 1.82) is 0 Å². The minimum Gasteiger partial charge on any atom is -0.316 e. The van der Waals surface area contributed by atoms with Crippen LogP contribution in [-0.2, 0) is 12.6 Å². The Kier molecular flexibility index (Phi) is 4.48. The lowest BCUT2D eigenvalue weighted by atomic mass is 10.1. The Morgan fingerprint density at radius 2 is 2.00 bits per heavy atom. The molecule has 0 aliphatic carbocycles. The zero-order valence-corrected chi connectivity index (χ0v) is 13.4. The van der Waals surface area contributed by atoms with Gasteiger partial charge in [-0.25, -0.2) is 9.97 Å². The van der Waals surface area contributed by atoms with Crippen molar-refractivity contribution < 1.29 is 13.2 Å². The number of hydrogen-bond donors (Lipinski definition) is 1. The van der Waals surface area contributed by atoms with Gasteiger partial charge in [0, 0.05) is 17.8 Å². The summed E-state index contributed by atoms with van der Waals surface area (Å²) in [5.74, 6) is 0.112. The minimum absolute atomic E-state index is 0.112. The largest absolute Gasteiger partial charge is 0.416 e. The number of hydrogen-bond acceptors (Lipinski definition) is 5. The van der Waals surface area contributed by atoms with Crippen LogP contribution >= 0.6 is 11.3 Å². The van der Waals surface area contributed by atoms with Gasteiger partial charge in [0.15, 0.2) is 5.13 Å². The number of nitrogens with one attached hydrogen (secondary N) is 1. The molecule has 0 aromatic carbocycles. The van der Waals surface area contributed by atoms with Gasteiger partial charge in [0.2, 0.25) is 0 Å². The van der Waals surface area contributed by atoms with Gasteiger partial charge in [-0.15, -0.1) is 11.3 Å². The predicted octanol–water partition coefficient (Wildman–Crippen LogP) is 4.92. The van der Waals surface area contributed by atoms with Crippen LogP contribution in [0.25, 0.3) is 11.4 Å². The van der Waals surface area contributed by atoms with Crippen LogP contribution in [0.4, 0.5) is 24.1 Å². The van der Waals surface area contributed by atoms with Crippen molar-refractivity contribution >= 4 is 22.3 Å². The number of rotatable bonds is 4. The van der Waals surface area contributed by atoms with E-state index in [1.165, 1.54) is 17.5 Å². The molecule has 0 saturated heterocycles. The molecule has 124 valence electrons. The van der Waals surface area contributed by atoms with Gasteiger partial charge in [0.25, 0.3) is 0 Å². The number of alkyl halides is 3. The minimum atomic E-state index is -4.41. The fourth-order valence-electron chi connectivity index (χ4n) is 2.17. The normalized spacial score (nSPS) is 11.5. The molecule has 0 atom stereocenters. The number of nitrogens with zero attached hydrogens (tertiary/aromatic N) is 3. The zero-order valence-electron chi connectivity index (χ0n) is 12.6. The predicted molar refractivity (Wildman–Crippen MR) is 87.2 cm³/mol. The third-order valence-corrected chi connectivity index (χ3v) is 4.10. The third-order valence-electron chi connectivity index (χ3n) is 3.34. The quantitative estimate of drug-likeness (QED) is 0.725. The first-order valence-electron chi connectivity index (χ1n) is 7.17. The van der Waals surface area contributed by atoms with Gasteiger partial charge in [0.05, 0.1) is 11.3 Å². The molecule has 1 N–H and O–H groups in total. The van der Waals surface area contributed by atoms with Crippen molar-refractivity contribution in [2.45, 2.75) is 19.5 Å². The second-order valence-electron chi connectivity index (χ2n) is 4.96. The second kappa shape index (κ2) is 6.56. The van der Waals surface area contributed by atoms with Crippen molar-refractivity contribution in [3.05, 3.63) is 53.2 Å². The summed E-state index contributed by atoms with van der Waals surface area (Å²) in [6, 6.07) is 6.47. The van der Waals surface area contributed by atoms with Gasteiger partial charge in [-0.05, 0) is 30.2 Å². The van der Waals surface area contributed by atoms with Gasteiger partial charge in [0.1, 0.15) is 11.5 Å². The molecule has 0 aliphatic heterocycles. The molecule has 3 heterocycles. The first-order valence-corrected chi connectivity index (χ1v) is 8.05. The van der Waals surface area contributed by atoms with Crippen LogP contribution in [0.3, 0.4) is 0 Å². The molecule has 0 aliphatic rings. The van der Waals surface area contributed by atoms with Gasteiger partial charge < -0.3 is 5.32 Å². The standard InChI is InChI=1S/C16H13F3N4S/c1-2-10-8-21-14(7-11(10)16(17,18)19)23-15-22-13(9-24-15)12-5-3-4-6-20-12/h3-9H,2H2,1H3,(H,21,22,23). The summed E-state index contributed by atoms with van der Waals surface area (Å²) in [5, 5.41) is 5.07. The molecule has 3 aromatic heterocycles. The molecule has 0 unspecified atom stereocenters. The summed E-state index contributed by atoms with van der Waals surface area (Å²) in [7, 11) is 0. The summed E-state index contributed by atoms with van der Waals surface area (Å²) in [6.45, 7) is 1.67. The second-order valence-corrected chi connectivity index (χ2v) is 5.81. The molecule has 0 radical (unpaired) electrons. The van der Waals surface area contributed by atoms with E-state index in [9.17, 15) is 13.2 Å². The molecule has 8 heteroatoms. The first-order chi connectivity index (χ1) is 11.5. The lowest BCUT2D eigenvalue weighted by Crippen LogP contribution is -2.10. The van der Waals surface area contributed by atoms with E-state index in [0.29, 0.717) is 16.5 Å². The highest BCUT2D eigenvalue weighted by Crippen LogP contribution is 2.34. The Labute approximate surface area is 140 Å². The van der Waals surface area contributed by atoms with Crippen LogP contribution < -0.4 is 5.32 Å². The molecular weight excluding hydrogens is 337 g/mol. The lowest BCUT2D eigenvalue weighted by Gasteiger charge is -2.13. The Balaban J connectivity index is 1.86. The molecule has 0 fully saturated rings. The smallest absolute Gasteiger partial charge is 0.316 e. The van der Waals surface area contributed by atoms with Crippen LogP contribution in [-0.4, -0.2) is 15.0 Å². The Morgan fingerprint density at radius 3 is 2.67 bits per heavy atom. The zero-order chi connectivity index (χ0) is 17.2. The van der Waals surface area contributed by atoms with Crippen molar-refractivity contribution in [2.75, 3.05) is 5.32 Å². The molecule has 24 heavy (non-hydrogen) atoms. The Hall–Kier alpha value is -2.48. The number of aryl methyl sites for hydroxylation is 1. The van der Waals surface area contributed by atoms with Gasteiger partial charge in [-0.3, -0.25) is 4.98 Å². The van der Waals surface area contributed by atoms with Crippen LogP contribution in [0.5, 0.6) is 0 Å². The summed E-state index contributed by atoms with van der Waals surface area (Å²) in [4.78, 5) is 12.6. The lowest BCUT2D eigenvalue weighted by molar-refractivity contribution is -0.138. The van der Waals surface area contributed by atoms with E-state index in [4.69, 9.17) is 0 Å². The monoisotopic (exact) mass is 350 g/mol. The van der Waals surface area contributed by atoms with Crippen molar-refractivity contribution in [2.24, 2.45) is 0 Å². The third kappa shape index (κ3) is 3.53. The topological polar surface area (TPSA) is 50.7 Å².